The molecule has 0 amide bonds. The topological polar surface area (TPSA) is 48.1 Å². The SMILES string of the molecule is Cc1cc(Br)cnc1OC[C@@H](C)CC(C)(C)N. The van der Waals surface area contributed by atoms with Crippen molar-refractivity contribution in [2.24, 2.45) is 11.7 Å². The second-order valence-corrected chi connectivity index (χ2v) is 6.30. The Hall–Kier alpha value is -0.610. The van der Waals surface area contributed by atoms with E-state index in [4.69, 9.17) is 10.5 Å². The third-order valence-electron chi connectivity index (χ3n) is 2.38. The Labute approximate surface area is 112 Å². The summed E-state index contributed by atoms with van der Waals surface area (Å²) in [5.74, 6) is 1.12. The van der Waals surface area contributed by atoms with Crippen LogP contribution >= 0.6 is 15.9 Å². The Morgan fingerprint density at radius 3 is 2.71 bits per heavy atom. The Balaban J connectivity index is 2.50. The molecular formula is C13H21BrN2O. The normalized spacial score (nSPS) is 13.5. The Bertz CT molecular complexity index is 374. The maximum atomic E-state index is 5.98. The summed E-state index contributed by atoms with van der Waals surface area (Å²) >= 11 is 3.38. The third kappa shape index (κ3) is 5.50. The van der Waals surface area contributed by atoms with Gasteiger partial charge in [-0.15, -0.1) is 0 Å². The van der Waals surface area contributed by atoms with Gasteiger partial charge in [-0.3, -0.25) is 0 Å². The van der Waals surface area contributed by atoms with Crippen LogP contribution in [0.2, 0.25) is 0 Å². The first-order valence-electron chi connectivity index (χ1n) is 5.82. The summed E-state index contributed by atoms with van der Waals surface area (Å²) in [7, 11) is 0. The predicted octanol–water partition coefficient (Wildman–Crippen LogP) is 3.29. The second-order valence-electron chi connectivity index (χ2n) is 5.38. The van der Waals surface area contributed by atoms with Crippen molar-refractivity contribution in [2.45, 2.75) is 39.7 Å². The summed E-state index contributed by atoms with van der Waals surface area (Å²) in [6.07, 6.45) is 2.68. The van der Waals surface area contributed by atoms with E-state index in [1.165, 1.54) is 0 Å². The van der Waals surface area contributed by atoms with Crippen LogP contribution in [-0.4, -0.2) is 17.1 Å². The van der Waals surface area contributed by atoms with Gasteiger partial charge >= 0.3 is 0 Å². The Morgan fingerprint density at radius 1 is 1.53 bits per heavy atom. The van der Waals surface area contributed by atoms with Crippen molar-refractivity contribution < 1.29 is 4.74 Å². The number of hydrogen-bond donors (Lipinski definition) is 1. The quantitative estimate of drug-likeness (QED) is 0.908. The number of aromatic nitrogens is 1. The summed E-state index contributed by atoms with van der Waals surface area (Å²) in [5, 5.41) is 0. The van der Waals surface area contributed by atoms with E-state index < -0.39 is 0 Å². The molecule has 0 bridgehead atoms. The van der Waals surface area contributed by atoms with Gasteiger partial charge in [0.15, 0.2) is 0 Å². The minimum absolute atomic E-state index is 0.148. The van der Waals surface area contributed by atoms with Gasteiger partial charge in [-0.05, 0) is 55.1 Å². The minimum atomic E-state index is -0.148. The van der Waals surface area contributed by atoms with Crippen molar-refractivity contribution >= 4 is 15.9 Å². The molecule has 0 unspecified atom stereocenters. The lowest BCUT2D eigenvalue weighted by Crippen LogP contribution is -2.35. The summed E-state index contributed by atoms with van der Waals surface area (Å²) in [5.41, 5.74) is 6.87. The molecule has 96 valence electrons. The number of nitrogens with zero attached hydrogens (tertiary/aromatic N) is 1. The number of halogens is 1. The molecule has 0 aliphatic heterocycles. The standard InChI is InChI=1S/C13H21BrN2O/c1-9(6-13(3,4)15)8-17-12-10(2)5-11(14)7-16-12/h5,7,9H,6,8,15H2,1-4H3/t9-/m0/s1. The Morgan fingerprint density at radius 2 is 2.18 bits per heavy atom. The second kappa shape index (κ2) is 5.83. The third-order valence-corrected chi connectivity index (χ3v) is 2.81. The fraction of sp³-hybridized carbons (Fsp3) is 0.615. The van der Waals surface area contributed by atoms with Crippen LogP contribution in [0.3, 0.4) is 0 Å². The molecule has 1 aromatic rings. The van der Waals surface area contributed by atoms with Gasteiger partial charge < -0.3 is 10.5 Å². The molecule has 1 aromatic heterocycles. The van der Waals surface area contributed by atoms with Crippen molar-refractivity contribution in [1.29, 1.82) is 0 Å². The van der Waals surface area contributed by atoms with Crippen LogP contribution in [0.4, 0.5) is 0 Å². The van der Waals surface area contributed by atoms with Crippen molar-refractivity contribution in [3.63, 3.8) is 0 Å². The van der Waals surface area contributed by atoms with Gasteiger partial charge in [-0.25, -0.2) is 4.98 Å². The maximum absolute atomic E-state index is 5.98. The largest absolute Gasteiger partial charge is 0.477 e. The van der Waals surface area contributed by atoms with Crippen molar-refractivity contribution in [3.8, 4) is 5.88 Å². The maximum Gasteiger partial charge on any atom is 0.216 e. The average molecular weight is 301 g/mol. The number of nitrogens with two attached hydrogens (primary N) is 1. The van der Waals surface area contributed by atoms with Gasteiger partial charge in [-0.2, -0.15) is 0 Å². The van der Waals surface area contributed by atoms with E-state index in [1.807, 2.05) is 26.8 Å². The van der Waals surface area contributed by atoms with Crippen LogP contribution in [0.1, 0.15) is 32.8 Å². The highest BCUT2D eigenvalue weighted by Gasteiger charge is 2.16. The van der Waals surface area contributed by atoms with E-state index in [-0.39, 0.29) is 5.54 Å². The molecule has 2 N–H and O–H groups in total. The van der Waals surface area contributed by atoms with Crippen molar-refractivity contribution in [3.05, 3.63) is 22.3 Å². The van der Waals surface area contributed by atoms with Gasteiger partial charge in [-0.1, -0.05) is 6.92 Å². The van der Waals surface area contributed by atoms with E-state index in [2.05, 4.69) is 27.8 Å². The molecule has 0 radical (unpaired) electrons. The monoisotopic (exact) mass is 300 g/mol. The lowest BCUT2D eigenvalue weighted by atomic mass is 9.93. The van der Waals surface area contributed by atoms with Crippen molar-refractivity contribution in [2.75, 3.05) is 6.61 Å². The highest BCUT2D eigenvalue weighted by molar-refractivity contribution is 9.10. The number of ether oxygens (including phenoxy) is 1. The fourth-order valence-corrected chi connectivity index (χ4v) is 2.30. The molecule has 0 aliphatic carbocycles. The Kier molecular flexibility index (Phi) is 4.95. The number of pyridine rings is 1. The molecule has 1 heterocycles. The molecule has 1 atom stereocenters. The average Bonchev–Trinajstić information content (AvgIpc) is 2.13. The molecular weight excluding hydrogens is 280 g/mol. The van der Waals surface area contributed by atoms with E-state index in [9.17, 15) is 0 Å². The fourth-order valence-electron chi connectivity index (χ4n) is 1.86. The summed E-state index contributed by atoms with van der Waals surface area (Å²) in [4.78, 5) is 4.25. The molecule has 3 nitrogen and oxygen atoms in total. The number of aryl methyl sites for hydroxylation is 1. The molecule has 0 saturated carbocycles. The highest BCUT2D eigenvalue weighted by atomic mass is 79.9. The van der Waals surface area contributed by atoms with E-state index >= 15 is 0 Å². The van der Waals surface area contributed by atoms with Crippen molar-refractivity contribution in [1.82, 2.24) is 4.98 Å². The first kappa shape index (κ1) is 14.5. The number of hydrogen-bond acceptors (Lipinski definition) is 3. The van der Waals surface area contributed by atoms with Gasteiger partial charge in [0.25, 0.3) is 0 Å². The summed E-state index contributed by atoms with van der Waals surface area (Å²) in [6.45, 7) is 8.85. The minimum Gasteiger partial charge on any atom is -0.477 e. The predicted molar refractivity (Wildman–Crippen MR) is 74.2 cm³/mol. The lowest BCUT2D eigenvalue weighted by Gasteiger charge is -2.23. The van der Waals surface area contributed by atoms with E-state index in [0.717, 1.165) is 16.5 Å². The van der Waals surface area contributed by atoms with E-state index in [1.54, 1.807) is 6.20 Å². The van der Waals surface area contributed by atoms with Gasteiger partial charge in [0, 0.05) is 21.8 Å². The molecule has 0 fully saturated rings. The molecule has 0 saturated heterocycles. The van der Waals surface area contributed by atoms with E-state index in [0.29, 0.717) is 18.4 Å². The zero-order valence-electron chi connectivity index (χ0n) is 11.0. The van der Waals surface area contributed by atoms with Crippen LogP contribution in [-0.2, 0) is 0 Å². The van der Waals surface area contributed by atoms with Gasteiger partial charge in [0.2, 0.25) is 5.88 Å². The van der Waals surface area contributed by atoms with Gasteiger partial charge in [0.1, 0.15) is 0 Å². The van der Waals surface area contributed by atoms with Crippen LogP contribution in [0.5, 0.6) is 5.88 Å². The summed E-state index contributed by atoms with van der Waals surface area (Å²) in [6, 6.07) is 2.00. The van der Waals surface area contributed by atoms with Crippen LogP contribution < -0.4 is 10.5 Å². The molecule has 4 heteroatoms. The lowest BCUT2D eigenvalue weighted by molar-refractivity contribution is 0.221. The van der Waals surface area contributed by atoms with Gasteiger partial charge in [0.05, 0.1) is 6.61 Å². The highest BCUT2D eigenvalue weighted by Crippen LogP contribution is 2.20. The summed E-state index contributed by atoms with van der Waals surface area (Å²) < 4.78 is 6.68. The molecule has 0 spiro atoms. The molecule has 17 heavy (non-hydrogen) atoms. The smallest absolute Gasteiger partial charge is 0.216 e. The van der Waals surface area contributed by atoms with Crippen LogP contribution in [0.15, 0.2) is 16.7 Å². The first-order valence-corrected chi connectivity index (χ1v) is 6.61. The zero-order chi connectivity index (χ0) is 13.1. The van der Waals surface area contributed by atoms with Crippen LogP contribution in [0.25, 0.3) is 0 Å². The van der Waals surface area contributed by atoms with Crippen LogP contribution in [0, 0.1) is 12.8 Å². The first-order chi connectivity index (χ1) is 7.78. The molecule has 0 aliphatic rings. The zero-order valence-corrected chi connectivity index (χ0v) is 12.5. The number of rotatable bonds is 5. The molecule has 0 aromatic carbocycles. The molecule has 1 rings (SSSR count).